The van der Waals surface area contributed by atoms with Crippen LogP contribution in [0.1, 0.15) is 27.6 Å². The fourth-order valence-electron chi connectivity index (χ4n) is 3.00. The van der Waals surface area contributed by atoms with E-state index in [1.165, 1.54) is 30.3 Å². The summed E-state index contributed by atoms with van der Waals surface area (Å²) in [5, 5.41) is 39.3. The van der Waals surface area contributed by atoms with Crippen LogP contribution in [-0.4, -0.2) is 57.2 Å². The number of carbonyl (C=O) groups excluding carboxylic acids is 1. The summed E-state index contributed by atoms with van der Waals surface area (Å²) in [7, 11) is 0. The third-order valence-corrected chi connectivity index (χ3v) is 4.48. The van der Waals surface area contributed by atoms with Crippen molar-refractivity contribution in [3.8, 4) is 0 Å². The number of hydrogen-bond donors (Lipinski definition) is 4. The molecule has 2 aromatic rings. The molecular weight excluding hydrogens is 343 g/mol. The summed E-state index contributed by atoms with van der Waals surface area (Å²) in [6.07, 6.45) is -6.43. The smallest absolute Gasteiger partial charge is 0.193 e. The van der Waals surface area contributed by atoms with E-state index in [2.05, 4.69) is 0 Å². The minimum atomic E-state index is -1.50. The summed E-state index contributed by atoms with van der Waals surface area (Å²) in [5.41, 5.74) is 1.01. The van der Waals surface area contributed by atoms with Crippen LogP contribution >= 0.6 is 0 Å². The van der Waals surface area contributed by atoms with Crippen molar-refractivity contribution in [2.75, 3.05) is 6.61 Å². The molecule has 138 valence electrons. The monoisotopic (exact) mass is 362 g/mol. The first kappa shape index (κ1) is 18.6. The van der Waals surface area contributed by atoms with Gasteiger partial charge in [0, 0.05) is 11.1 Å². The van der Waals surface area contributed by atoms with Crippen LogP contribution in [0.5, 0.6) is 0 Å². The molecule has 0 spiro atoms. The molecule has 0 unspecified atom stereocenters. The molecule has 0 amide bonds. The molecular formula is C19H19FO6. The molecule has 4 N–H and O–H groups in total. The summed E-state index contributed by atoms with van der Waals surface area (Å²) in [6, 6.07) is 11.4. The van der Waals surface area contributed by atoms with E-state index in [4.69, 9.17) is 4.74 Å². The van der Waals surface area contributed by atoms with Crippen molar-refractivity contribution in [3.63, 3.8) is 0 Å². The number of ketones is 1. The van der Waals surface area contributed by atoms with E-state index < -0.39 is 42.9 Å². The molecule has 0 radical (unpaired) electrons. The Labute approximate surface area is 149 Å². The zero-order valence-electron chi connectivity index (χ0n) is 13.7. The fourth-order valence-corrected chi connectivity index (χ4v) is 3.00. The molecule has 5 atom stereocenters. The maximum Gasteiger partial charge on any atom is 0.193 e. The zero-order valence-corrected chi connectivity index (χ0v) is 13.7. The van der Waals surface area contributed by atoms with Crippen molar-refractivity contribution in [1.82, 2.24) is 0 Å². The van der Waals surface area contributed by atoms with Crippen molar-refractivity contribution in [2.24, 2.45) is 0 Å². The summed E-state index contributed by atoms with van der Waals surface area (Å²) in [6.45, 7) is -0.532. The van der Waals surface area contributed by atoms with Crippen LogP contribution in [0, 0.1) is 5.82 Å². The van der Waals surface area contributed by atoms with Gasteiger partial charge in [0.15, 0.2) is 5.78 Å². The largest absolute Gasteiger partial charge is 0.394 e. The SMILES string of the molecule is O=C(c1ccc(F)cc1)c1cccc([C@H]2O[C@H](CO)[C@@H](O)[C@H](O)[C@@H]2O)c1. The Morgan fingerprint density at radius 3 is 2.31 bits per heavy atom. The Hall–Kier alpha value is -2.16. The van der Waals surface area contributed by atoms with Crippen LogP contribution in [0.15, 0.2) is 48.5 Å². The number of ether oxygens (including phenoxy) is 1. The minimum absolute atomic E-state index is 0.297. The van der Waals surface area contributed by atoms with Crippen LogP contribution < -0.4 is 0 Å². The van der Waals surface area contributed by atoms with Gasteiger partial charge in [-0.05, 0) is 35.9 Å². The number of aliphatic hydroxyl groups is 4. The van der Waals surface area contributed by atoms with Gasteiger partial charge in [-0.25, -0.2) is 4.39 Å². The van der Waals surface area contributed by atoms with E-state index in [-0.39, 0.29) is 5.78 Å². The van der Waals surface area contributed by atoms with Gasteiger partial charge in [0.25, 0.3) is 0 Å². The van der Waals surface area contributed by atoms with E-state index in [1.54, 1.807) is 18.2 Å². The molecule has 0 saturated carbocycles. The minimum Gasteiger partial charge on any atom is -0.394 e. The average molecular weight is 362 g/mol. The number of benzene rings is 2. The Morgan fingerprint density at radius 1 is 0.962 bits per heavy atom. The van der Waals surface area contributed by atoms with Crippen molar-refractivity contribution in [1.29, 1.82) is 0 Å². The maximum atomic E-state index is 13.0. The van der Waals surface area contributed by atoms with Crippen LogP contribution in [0.4, 0.5) is 4.39 Å². The third kappa shape index (κ3) is 3.53. The van der Waals surface area contributed by atoms with E-state index in [0.717, 1.165) is 0 Å². The lowest BCUT2D eigenvalue weighted by Crippen LogP contribution is -2.55. The Bertz CT molecular complexity index is 776. The predicted octanol–water partition coefficient (Wildman–Crippen LogP) is 0.572. The van der Waals surface area contributed by atoms with Gasteiger partial charge in [-0.3, -0.25) is 4.79 Å². The van der Waals surface area contributed by atoms with E-state index in [9.17, 15) is 29.6 Å². The normalized spacial score (nSPS) is 28.7. The number of halogens is 1. The predicted molar refractivity (Wildman–Crippen MR) is 89.0 cm³/mol. The molecule has 7 heteroatoms. The lowest BCUT2D eigenvalue weighted by molar-refractivity contribution is -0.231. The quantitative estimate of drug-likeness (QED) is 0.593. The van der Waals surface area contributed by atoms with Gasteiger partial charge in [-0.2, -0.15) is 0 Å². The first-order valence-electron chi connectivity index (χ1n) is 8.13. The summed E-state index contributed by atoms with van der Waals surface area (Å²) < 4.78 is 18.5. The van der Waals surface area contributed by atoms with Crippen molar-refractivity contribution < 1.29 is 34.3 Å². The Morgan fingerprint density at radius 2 is 1.65 bits per heavy atom. The number of rotatable bonds is 4. The summed E-state index contributed by atoms with van der Waals surface area (Å²) in [4.78, 5) is 12.6. The molecule has 1 heterocycles. The Kier molecular flexibility index (Phi) is 5.45. The third-order valence-electron chi connectivity index (χ3n) is 4.48. The fraction of sp³-hybridized carbons (Fsp3) is 0.316. The molecule has 26 heavy (non-hydrogen) atoms. The van der Waals surface area contributed by atoms with Crippen molar-refractivity contribution in [2.45, 2.75) is 30.5 Å². The van der Waals surface area contributed by atoms with Gasteiger partial charge < -0.3 is 25.2 Å². The van der Waals surface area contributed by atoms with Crippen molar-refractivity contribution >= 4 is 5.78 Å². The second-order valence-corrected chi connectivity index (χ2v) is 6.21. The summed E-state index contributed by atoms with van der Waals surface area (Å²) >= 11 is 0. The van der Waals surface area contributed by atoms with E-state index in [1.807, 2.05) is 0 Å². The van der Waals surface area contributed by atoms with Crippen LogP contribution in [-0.2, 0) is 4.74 Å². The highest BCUT2D eigenvalue weighted by Gasteiger charge is 2.43. The van der Waals surface area contributed by atoms with Crippen LogP contribution in [0.3, 0.4) is 0 Å². The van der Waals surface area contributed by atoms with Gasteiger partial charge in [0.1, 0.15) is 36.3 Å². The standard InChI is InChI=1S/C19H19FO6/c20-13-6-4-10(5-7-13)15(22)11-2-1-3-12(8-11)19-18(25)17(24)16(23)14(9-21)26-19/h1-8,14,16-19,21,23-25H,9H2/t14-,16-,17+,18+,19-/m1/s1. The number of carbonyl (C=O) groups is 1. The van der Waals surface area contributed by atoms with Crippen LogP contribution in [0.25, 0.3) is 0 Å². The number of hydrogen-bond acceptors (Lipinski definition) is 6. The lowest BCUT2D eigenvalue weighted by atomic mass is 9.90. The Balaban J connectivity index is 1.89. The molecule has 6 nitrogen and oxygen atoms in total. The highest BCUT2D eigenvalue weighted by atomic mass is 19.1. The van der Waals surface area contributed by atoms with Crippen molar-refractivity contribution in [3.05, 3.63) is 71.0 Å². The second kappa shape index (κ2) is 7.61. The molecule has 0 aliphatic carbocycles. The van der Waals surface area contributed by atoms with Crippen LogP contribution in [0.2, 0.25) is 0 Å². The number of aliphatic hydroxyl groups excluding tert-OH is 4. The topological polar surface area (TPSA) is 107 Å². The summed E-state index contributed by atoms with van der Waals surface area (Å²) in [5.74, 6) is -0.784. The molecule has 3 rings (SSSR count). The van der Waals surface area contributed by atoms with E-state index >= 15 is 0 Å². The van der Waals surface area contributed by atoms with E-state index in [0.29, 0.717) is 16.7 Å². The molecule has 1 aliphatic rings. The molecule has 1 saturated heterocycles. The average Bonchev–Trinajstić information content (AvgIpc) is 2.66. The maximum absolute atomic E-state index is 13.0. The molecule has 2 aromatic carbocycles. The highest BCUT2D eigenvalue weighted by molar-refractivity contribution is 6.09. The molecule has 0 bridgehead atoms. The molecule has 1 fully saturated rings. The zero-order chi connectivity index (χ0) is 18.8. The van der Waals surface area contributed by atoms with Gasteiger partial charge in [0.05, 0.1) is 6.61 Å². The second-order valence-electron chi connectivity index (χ2n) is 6.21. The molecule has 1 aliphatic heterocycles. The van der Waals surface area contributed by atoms with Gasteiger partial charge in [-0.15, -0.1) is 0 Å². The highest BCUT2D eigenvalue weighted by Crippen LogP contribution is 2.32. The first-order valence-corrected chi connectivity index (χ1v) is 8.13. The van der Waals surface area contributed by atoms with Gasteiger partial charge in [0.2, 0.25) is 0 Å². The first-order chi connectivity index (χ1) is 12.4. The van der Waals surface area contributed by atoms with Gasteiger partial charge >= 0.3 is 0 Å². The molecule has 0 aromatic heterocycles. The van der Waals surface area contributed by atoms with Gasteiger partial charge in [-0.1, -0.05) is 18.2 Å². The lowest BCUT2D eigenvalue weighted by Gasteiger charge is -2.40.